The van der Waals surface area contributed by atoms with Gasteiger partial charge in [0.15, 0.2) is 5.78 Å². The van der Waals surface area contributed by atoms with Crippen LogP contribution in [0.5, 0.6) is 11.5 Å². The summed E-state index contributed by atoms with van der Waals surface area (Å²) >= 11 is 0. The van der Waals surface area contributed by atoms with Crippen LogP contribution < -0.4 is 11.3 Å². The highest BCUT2D eigenvalue weighted by Gasteiger charge is 2.15. The molecule has 0 aliphatic rings. The Hall–Kier alpha value is -4.20. The summed E-state index contributed by atoms with van der Waals surface area (Å²) in [5.41, 5.74) is 0.143. The fraction of sp³-hybridized carbons (Fsp3) is 0.310. The molecule has 0 aliphatic carbocycles. The Bertz CT molecular complexity index is 1560. The van der Waals surface area contributed by atoms with Crippen LogP contribution in [-0.4, -0.2) is 21.8 Å². The second-order valence-corrected chi connectivity index (χ2v) is 9.78. The monoisotopic (exact) mass is 506 g/mol. The standard InChI is InChI=1S/C15H16O4.C14H14O4/c1-9(2)5-12(17)6-10-7-15(18)19-14-8-11(16)3-4-13(10)14;1-8(2)5-12(16)11-6-9-3-4-10(15)7-13(9)18-14(11)17/h3-4,7-9,16H,5-6H2,1-2H3;3-4,6-8,15H,5H2,1-2H3. The van der Waals surface area contributed by atoms with Gasteiger partial charge in [-0.05, 0) is 47.7 Å². The lowest BCUT2D eigenvalue weighted by Crippen LogP contribution is -2.15. The van der Waals surface area contributed by atoms with Crippen molar-refractivity contribution in [3.63, 3.8) is 0 Å². The summed E-state index contributed by atoms with van der Waals surface area (Å²) in [6, 6.07) is 11.9. The lowest BCUT2D eigenvalue weighted by Gasteiger charge is -2.06. The number of hydrogen-bond acceptors (Lipinski definition) is 8. The number of rotatable bonds is 7. The highest BCUT2D eigenvalue weighted by atomic mass is 16.4. The molecule has 0 amide bonds. The van der Waals surface area contributed by atoms with Crippen LogP contribution in [0.4, 0.5) is 0 Å². The van der Waals surface area contributed by atoms with Gasteiger partial charge in [0.25, 0.3) is 0 Å². The number of benzene rings is 2. The summed E-state index contributed by atoms with van der Waals surface area (Å²) in [5.74, 6) is 0.409. The number of Topliss-reactive ketones (excluding diaryl/α,β-unsaturated/α-hetero) is 2. The van der Waals surface area contributed by atoms with Crippen LogP contribution in [0.3, 0.4) is 0 Å². The maximum Gasteiger partial charge on any atom is 0.347 e. The number of hydrogen-bond donors (Lipinski definition) is 2. The van der Waals surface area contributed by atoms with E-state index in [0.29, 0.717) is 40.7 Å². The van der Waals surface area contributed by atoms with E-state index in [-0.39, 0.29) is 46.6 Å². The smallest absolute Gasteiger partial charge is 0.347 e. The van der Waals surface area contributed by atoms with Gasteiger partial charge in [-0.15, -0.1) is 0 Å². The molecule has 4 aromatic rings. The normalized spacial score (nSPS) is 11.1. The zero-order valence-corrected chi connectivity index (χ0v) is 21.2. The average molecular weight is 507 g/mol. The van der Waals surface area contributed by atoms with Gasteiger partial charge in [-0.25, -0.2) is 9.59 Å². The summed E-state index contributed by atoms with van der Waals surface area (Å²) in [5, 5.41) is 20.0. The number of phenols is 2. The molecule has 2 aromatic heterocycles. The molecule has 0 saturated carbocycles. The first kappa shape index (κ1) is 27.4. The molecule has 0 unspecified atom stereocenters. The van der Waals surface area contributed by atoms with Gasteiger partial charge in [0.05, 0.1) is 0 Å². The van der Waals surface area contributed by atoms with Gasteiger partial charge in [0.2, 0.25) is 0 Å². The zero-order chi connectivity index (χ0) is 27.3. The van der Waals surface area contributed by atoms with E-state index in [2.05, 4.69) is 0 Å². The van der Waals surface area contributed by atoms with E-state index in [4.69, 9.17) is 8.83 Å². The molecule has 4 rings (SSSR count). The molecule has 37 heavy (non-hydrogen) atoms. The molecule has 8 heteroatoms. The van der Waals surface area contributed by atoms with Gasteiger partial charge < -0.3 is 19.0 Å². The first-order valence-corrected chi connectivity index (χ1v) is 12.0. The topological polar surface area (TPSA) is 135 Å². The number of ketones is 2. The van der Waals surface area contributed by atoms with Crippen molar-refractivity contribution in [1.82, 2.24) is 0 Å². The minimum Gasteiger partial charge on any atom is -0.508 e. The largest absolute Gasteiger partial charge is 0.508 e. The van der Waals surface area contributed by atoms with Gasteiger partial charge >= 0.3 is 11.3 Å². The third-order valence-corrected chi connectivity index (χ3v) is 5.45. The van der Waals surface area contributed by atoms with Crippen LogP contribution in [0.2, 0.25) is 0 Å². The fourth-order valence-electron chi connectivity index (χ4n) is 3.88. The van der Waals surface area contributed by atoms with E-state index in [0.717, 1.165) is 0 Å². The van der Waals surface area contributed by atoms with Crippen molar-refractivity contribution in [3.8, 4) is 11.5 Å². The number of aromatic hydroxyl groups is 2. The van der Waals surface area contributed by atoms with Crippen molar-refractivity contribution in [2.75, 3.05) is 0 Å². The van der Waals surface area contributed by atoms with Crippen LogP contribution >= 0.6 is 0 Å². The number of fused-ring (bicyclic) bond motifs is 2. The minimum atomic E-state index is -0.654. The molecule has 2 aromatic carbocycles. The van der Waals surface area contributed by atoms with Gasteiger partial charge in [0, 0.05) is 48.2 Å². The molecule has 2 heterocycles. The molecule has 0 spiro atoms. The van der Waals surface area contributed by atoms with Gasteiger partial charge in [-0.1, -0.05) is 27.7 Å². The SMILES string of the molecule is CC(C)CC(=O)Cc1cc(=O)oc2cc(O)ccc12.CC(C)CC(=O)c1cc2ccc(O)cc2oc1=O. The zero-order valence-electron chi connectivity index (χ0n) is 21.2. The van der Waals surface area contributed by atoms with Crippen LogP contribution in [0.25, 0.3) is 21.9 Å². The Balaban J connectivity index is 0.000000206. The van der Waals surface area contributed by atoms with E-state index in [9.17, 15) is 29.4 Å². The van der Waals surface area contributed by atoms with Crippen LogP contribution in [-0.2, 0) is 11.2 Å². The van der Waals surface area contributed by atoms with E-state index in [1.54, 1.807) is 12.1 Å². The van der Waals surface area contributed by atoms with Crippen LogP contribution in [0, 0.1) is 11.8 Å². The van der Waals surface area contributed by atoms with E-state index < -0.39 is 11.3 Å². The molecule has 0 radical (unpaired) electrons. The second kappa shape index (κ2) is 11.7. The predicted molar refractivity (Wildman–Crippen MR) is 140 cm³/mol. The molecule has 194 valence electrons. The number of carbonyl (C=O) groups is 2. The maximum atomic E-state index is 11.9. The average Bonchev–Trinajstić information content (AvgIpc) is 2.77. The highest BCUT2D eigenvalue weighted by molar-refractivity contribution is 5.98. The van der Waals surface area contributed by atoms with Crippen molar-refractivity contribution in [3.05, 3.63) is 80.5 Å². The Morgan fingerprint density at radius 3 is 2.05 bits per heavy atom. The van der Waals surface area contributed by atoms with E-state index >= 15 is 0 Å². The highest BCUT2D eigenvalue weighted by Crippen LogP contribution is 2.23. The molecular weight excluding hydrogens is 476 g/mol. The molecule has 0 saturated heterocycles. The Morgan fingerprint density at radius 1 is 0.784 bits per heavy atom. The third-order valence-electron chi connectivity index (χ3n) is 5.45. The summed E-state index contributed by atoms with van der Waals surface area (Å²) in [4.78, 5) is 46.9. The quantitative estimate of drug-likeness (QED) is 0.252. The predicted octanol–water partition coefficient (Wildman–Crippen LogP) is 5.38. The Labute approximate surface area is 213 Å². The summed E-state index contributed by atoms with van der Waals surface area (Å²) in [6.07, 6.45) is 1.01. The fourth-order valence-corrected chi connectivity index (χ4v) is 3.88. The molecular formula is C29H30O8. The number of carbonyl (C=O) groups excluding carboxylic acids is 2. The summed E-state index contributed by atoms with van der Waals surface area (Å²) in [6.45, 7) is 7.79. The van der Waals surface area contributed by atoms with Gasteiger partial charge in [-0.2, -0.15) is 0 Å². The molecule has 8 nitrogen and oxygen atoms in total. The second-order valence-electron chi connectivity index (χ2n) is 9.78. The minimum absolute atomic E-state index is 0.0203. The summed E-state index contributed by atoms with van der Waals surface area (Å²) < 4.78 is 10.1. The van der Waals surface area contributed by atoms with E-state index in [1.807, 2.05) is 27.7 Å². The lowest BCUT2D eigenvalue weighted by molar-refractivity contribution is -0.119. The summed E-state index contributed by atoms with van der Waals surface area (Å²) in [7, 11) is 0. The lowest BCUT2D eigenvalue weighted by atomic mass is 9.99. The molecule has 2 N–H and O–H groups in total. The van der Waals surface area contributed by atoms with Crippen LogP contribution in [0.1, 0.15) is 56.5 Å². The van der Waals surface area contributed by atoms with Gasteiger partial charge in [-0.3, -0.25) is 9.59 Å². The van der Waals surface area contributed by atoms with Gasteiger partial charge in [0.1, 0.15) is 34.0 Å². The Kier molecular flexibility index (Phi) is 8.65. The molecule has 0 aliphatic heterocycles. The van der Waals surface area contributed by atoms with Crippen molar-refractivity contribution in [1.29, 1.82) is 0 Å². The first-order valence-electron chi connectivity index (χ1n) is 12.0. The molecule has 0 atom stereocenters. The maximum absolute atomic E-state index is 11.9. The van der Waals surface area contributed by atoms with E-state index in [1.165, 1.54) is 36.4 Å². The van der Waals surface area contributed by atoms with Crippen LogP contribution in [0.15, 0.2) is 67.0 Å². The van der Waals surface area contributed by atoms with Crippen molar-refractivity contribution < 1.29 is 28.6 Å². The first-order chi connectivity index (χ1) is 17.4. The number of phenolic OH excluding ortho intramolecular Hbond substituents is 2. The van der Waals surface area contributed by atoms with Crippen molar-refractivity contribution in [2.24, 2.45) is 11.8 Å². The molecule has 0 fully saturated rings. The van der Waals surface area contributed by atoms with Crippen molar-refractivity contribution >= 4 is 33.5 Å². The third kappa shape index (κ3) is 7.39. The Morgan fingerprint density at radius 2 is 1.41 bits per heavy atom. The molecule has 0 bridgehead atoms. The van der Waals surface area contributed by atoms with Crippen molar-refractivity contribution in [2.45, 2.75) is 47.0 Å².